The molecule has 0 radical (unpaired) electrons. The van der Waals surface area contributed by atoms with Crippen molar-refractivity contribution in [2.24, 2.45) is 50.2 Å². The van der Waals surface area contributed by atoms with Crippen molar-refractivity contribution in [1.29, 1.82) is 0 Å². The summed E-state index contributed by atoms with van der Waals surface area (Å²) in [5.41, 5.74) is 0.858. The first kappa shape index (κ1) is 24.8. The molecule has 0 aromatic heterocycles. The number of carboxylic acid groups (broad SMARTS) is 1. The minimum Gasteiger partial charge on any atom is -0.481 e. The first-order valence-electron chi connectivity index (χ1n) is 13.9. The van der Waals surface area contributed by atoms with E-state index in [0.717, 1.165) is 64.2 Å². The molecule has 0 saturated heterocycles. The minimum absolute atomic E-state index is 0.0204. The standard InChI is InChI=1S/C30H48O4/c1-25(2)13-15-30(24(33)34)16-14-28(5)19(20(30)17-25)7-8-22-26(3)11-10-23(32)27(4,18-31)21(26)9-12-29(22,28)6/h7,20-23,31-32H,8-18H2,1-6H3,(H,33,34)/t20-,21+,22+,23+,26+,27+,28-,29-,30+/m1/s1. The maximum atomic E-state index is 12.8. The van der Waals surface area contributed by atoms with Gasteiger partial charge in [0.1, 0.15) is 0 Å². The van der Waals surface area contributed by atoms with Gasteiger partial charge in [0.25, 0.3) is 0 Å². The van der Waals surface area contributed by atoms with Gasteiger partial charge in [-0.25, -0.2) is 0 Å². The molecule has 0 aromatic carbocycles. The zero-order valence-corrected chi connectivity index (χ0v) is 22.4. The van der Waals surface area contributed by atoms with Gasteiger partial charge < -0.3 is 15.3 Å². The molecule has 5 aliphatic carbocycles. The van der Waals surface area contributed by atoms with Crippen LogP contribution in [0.3, 0.4) is 0 Å². The highest BCUT2D eigenvalue weighted by Crippen LogP contribution is 2.75. The van der Waals surface area contributed by atoms with Gasteiger partial charge in [-0.3, -0.25) is 4.79 Å². The van der Waals surface area contributed by atoms with E-state index in [1.54, 1.807) is 0 Å². The molecule has 5 aliphatic rings. The SMILES string of the molecule is CC1(C)CC[C@]2(C(=O)O)CC[C@]3(C)C(=CC[C@H]4[C@@]5(C)CC[C@H](O)[C@@](C)(CO)[C@H]5CC[C@]43C)[C@H]2C1. The van der Waals surface area contributed by atoms with Crippen molar-refractivity contribution in [3.05, 3.63) is 11.6 Å². The highest BCUT2D eigenvalue weighted by molar-refractivity contribution is 5.76. The molecule has 0 aliphatic heterocycles. The van der Waals surface area contributed by atoms with Crippen molar-refractivity contribution in [2.75, 3.05) is 6.61 Å². The fraction of sp³-hybridized carbons (Fsp3) is 0.900. The van der Waals surface area contributed by atoms with Crippen LogP contribution in [-0.2, 0) is 4.79 Å². The average Bonchev–Trinajstić information content (AvgIpc) is 2.76. The van der Waals surface area contributed by atoms with Gasteiger partial charge in [-0.1, -0.05) is 53.2 Å². The third-order valence-corrected chi connectivity index (χ3v) is 13.2. The Morgan fingerprint density at radius 3 is 2.26 bits per heavy atom. The molecule has 0 aromatic rings. The summed E-state index contributed by atoms with van der Waals surface area (Å²) in [7, 11) is 0. The molecule has 0 bridgehead atoms. The lowest BCUT2D eigenvalue weighted by molar-refractivity contribution is -0.216. The highest BCUT2D eigenvalue weighted by atomic mass is 16.4. The number of hydrogen-bond donors (Lipinski definition) is 3. The molecular weight excluding hydrogens is 424 g/mol. The Morgan fingerprint density at radius 1 is 0.941 bits per heavy atom. The molecule has 4 nitrogen and oxygen atoms in total. The van der Waals surface area contributed by atoms with Crippen LogP contribution >= 0.6 is 0 Å². The van der Waals surface area contributed by atoms with Crippen molar-refractivity contribution < 1.29 is 20.1 Å². The van der Waals surface area contributed by atoms with Crippen molar-refractivity contribution in [3.8, 4) is 0 Å². The van der Waals surface area contributed by atoms with E-state index in [4.69, 9.17) is 0 Å². The van der Waals surface area contributed by atoms with Gasteiger partial charge in [-0.2, -0.15) is 0 Å². The number of fused-ring (bicyclic) bond motifs is 7. The lowest BCUT2D eigenvalue weighted by atomic mass is 9.33. The Labute approximate surface area is 206 Å². The highest BCUT2D eigenvalue weighted by Gasteiger charge is 2.69. The predicted octanol–water partition coefficient (Wildman–Crippen LogP) is 6.21. The molecule has 4 fully saturated rings. The fourth-order valence-corrected chi connectivity index (χ4v) is 10.7. The van der Waals surface area contributed by atoms with Crippen LogP contribution in [0.15, 0.2) is 11.6 Å². The van der Waals surface area contributed by atoms with Gasteiger partial charge in [0.05, 0.1) is 18.1 Å². The predicted molar refractivity (Wildman–Crippen MR) is 134 cm³/mol. The summed E-state index contributed by atoms with van der Waals surface area (Å²) < 4.78 is 0. The molecule has 5 rings (SSSR count). The first-order chi connectivity index (χ1) is 15.7. The van der Waals surface area contributed by atoms with Gasteiger partial charge in [0.2, 0.25) is 0 Å². The van der Waals surface area contributed by atoms with Crippen LogP contribution in [0.1, 0.15) is 106 Å². The van der Waals surface area contributed by atoms with E-state index in [1.807, 2.05) is 0 Å². The van der Waals surface area contributed by atoms with Crippen LogP contribution in [0, 0.1) is 50.2 Å². The molecule has 0 heterocycles. The Balaban J connectivity index is 1.60. The van der Waals surface area contributed by atoms with E-state index in [9.17, 15) is 20.1 Å². The summed E-state index contributed by atoms with van der Waals surface area (Å²) in [6.07, 6.45) is 11.6. The first-order valence-corrected chi connectivity index (χ1v) is 13.9. The van der Waals surface area contributed by atoms with Gasteiger partial charge in [-0.05, 0) is 104 Å². The van der Waals surface area contributed by atoms with Crippen LogP contribution in [0.2, 0.25) is 0 Å². The minimum atomic E-state index is -0.588. The van der Waals surface area contributed by atoms with Crippen molar-refractivity contribution >= 4 is 5.97 Å². The van der Waals surface area contributed by atoms with E-state index < -0.39 is 22.9 Å². The summed E-state index contributed by atoms with van der Waals surface area (Å²) in [5, 5.41) is 31.8. The number of aliphatic hydroxyl groups excluding tert-OH is 2. The van der Waals surface area contributed by atoms with Crippen LogP contribution in [0.4, 0.5) is 0 Å². The maximum absolute atomic E-state index is 12.8. The third-order valence-electron chi connectivity index (χ3n) is 13.2. The molecule has 4 heteroatoms. The molecule has 0 amide bonds. The summed E-state index contributed by atoms with van der Waals surface area (Å²) in [6.45, 7) is 14.3. The number of carbonyl (C=O) groups is 1. The molecule has 4 saturated carbocycles. The molecule has 3 N–H and O–H groups in total. The summed E-state index contributed by atoms with van der Waals surface area (Å²) in [4.78, 5) is 12.8. The quantitative estimate of drug-likeness (QED) is 0.418. The second-order valence-electron chi connectivity index (χ2n) is 14.9. The number of allylic oxidation sites excluding steroid dienone is 2. The van der Waals surface area contributed by atoms with E-state index in [0.29, 0.717) is 11.8 Å². The smallest absolute Gasteiger partial charge is 0.310 e. The largest absolute Gasteiger partial charge is 0.481 e. The Hall–Kier alpha value is -0.870. The van der Waals surface area contributed by atoms with Crippen molar-refractivity contribution in [2.45, 2.75) is 112 Å². The number of aliphatic carboxylic acids is 1. The van der Waals surface area contributed by atoms with Gasteiger partial charge in [-0.15, -0.1) is 0 Å². The zero-order chi connectivity index (χ0) is 24.9. The van der Waals surface area contributed by atoms with Crippen LogP contribution < -0.4 is 0 Å². The van der Waals surface area contributed by atoms with E-state index >= 15 is 0 Å². The Kier molecular flexibility index (Phi) is 5.36. The topological polar surface area (TPSA) is 77.8 Å². The van der Waals surface area contributed by atoms with Crippen LogP contribution in [0.25, 0.3) is 0 Å². The number of hydrogen-bond acceptors (Lipinski definition) is 3. The summed E-state index contributed by atoms with van der Waals surface area (Å²) in [6, 6.07) is 0. The van der Waals surface area contributed by atoms with Crippen molar-refractivity contribution in [3.63, 3.8) is 0 Å². The maximum Gasteiger partial charge on any atom is 0.310 e. The van der Waals surface area contributed by atoms with Crippen molar-refractivity contribution in [1.82, 2.24) is 0 Å². The zero-order valence-electron chi connectivity index (χ0n) is 22.4. The second kappa shape index (κ2) is 7.34. The van der Waals surface area contributed by atoms with Crippen LogP contribution in [-0.4, -0.2) is 34.0 Å². The Bertz CT molecular complexity index is 907. The lowest BCUT2D eigenvalue weighted by Gasteiger charge is -2.71. The molecule has 0 spiro atoms. The fourth-order valence-electron chi connectivity index (χ4n) is 10.7. The van der Waals surface area contributed by atoms with E-state index in [-0.39, 0.29) is 34.2 Å². The molecule has 34 heavy (non-hydrogen) atoms. The van der Waals surface area contributed by atoms with Gasteiger partial charge in [0.15, 0.2) is 0 Å². The summed E-state index contributed by atoms with van der Waals surface area (Å²) in [5.74, 6) is 0.395. The van der Waals surface area contributed by atoms with E-state index in [2.05, 4.69) is 47.6 Å². The third kappa shape index (κ3) is 2.88. The normalized spacial score (nSPS) is 54.1. The second-order valence-corrected chi connectivity index (χ2v) is 14.9. The molecule has 192 valence electrons. The summed E-state index contributed by atoms with van der Waals surface area (Å²) >= 11 is 0. The Morgan fingerprint density at radius 2 is 1.62 bits per heavy atom. The van der Waals surface area contributed by atoms with Crippen LogP contribution in [0.5, 0.6) is 0 Å². The average molecular weight is 473 g/mol. The van der Waals surface area contributed by atoms with Gasteiger partial charge >= 0.3 is 5.97 Å². The lowest BCUT2D eigenvalue weighted by Crippen LogP contribution is -2.65. The number of aliphatic hydroxyl groups is 2. The van der Waals surface area contributed by atoms with E-state index in [1.165, 1.54) is 5.57 Å². The van der Waals surface area contributed by atoms with Gasteiger partial charge in [0, 0.05) is 5.41 Å². The molecule has 0 unspecified atom stereocenters. The molecule has 9 atom stereocenters. The molecular formula is C30H48O4. The number of rotatable bonds is 2. The monoisotopic (exact) mass is 472 g/mol. The number of carboxylic acids is 1.